The van der Waals surface area contributed by atoms with Crippen molar-refractivity contribution in [2.24, 2.45) is 0 Å². The van der Waals surface area contributed by atoms with E-state index in [-0.39, 0.29) is 0 Å². The predicted molar refractivity (Wildman–Crippen MR) is 66.7 cm³/mol. The molecule has 0 aliphatic heterocycles. The van der Waals surface area contributed by atoms with Crippen LogP contribution in [0.15, 0.2) is 44.6 Å². The van der Waals surface area contributed by atoms with Crippen LogP contribution in [0.3, 0.4) is 0 Å². The Kier molecular flexibility index (Phi) is 3.71. The van der Waals surface area contributed by atoms with Crippen LogP contribution < -0.4 is 0 Å². The summed E-state index contributed by atoms with van der Waals surface area (Å²) in [6, 6.07) is 10.6. The molecule has 74 valence electrons. The smallest absolute Gasteiger partial charge is 0.0119 e. The Morgan fingerprint density at radius 3 is 2.43 bits per heavy atom. The van der Waals surface area contributed by atoms with Crippen LogP contribution in [0.5, 0.6) is 0 Å². The van der Waals surface area contributed by atoms with Crippen LogP contribution in [-0.4, -0.2) is 0 Å². The second kappa shape index (κ2) is 5.04. The van der Waals surface area contributed by atoms with Crippen LogP contribution in [-0.2, 0) is 0 Å². The van der Waals surface area contributed by atoms with Gasteiger partial charge in [0.25, 0.3) is 0 Å². The number of rotatable bonds is 2. The average Bonchev–Trinajstić information content (AvgIpc) is 2.23. The van der Waals surface area contributed by atoms with E-state index in [9.17, 15) is 0 Å². The third kappa shape index (κ3) is 2.64. The van der Waals surface area contributed by atoms with E-state index in [1.54, 1.807) is 0 Å². The molecule has 0 nitrogen and oxygen atoms in total. The molecule has 0 spiro atoms. The Hall–Kier alpha value is -0.210. The van der Waals surface area contributed by atoms with Crippen molar-refractivity contribution in [2.45, 2.75) is 30.6 Å². The highest BCUT2D eigenvalue weighted by Crippen LogP contribution is 2.39. The first kappa shape index (κ1) is 10.3. The van der Waals surface area contributed by atoms with Gasteiger partial charge in [0.1, 0.15) is 0 Å². The molecule has 1 aliphatic carbocycles. The van der Waals surface area contributed by atoms with Gasteiger partial charge in [-0.3, -0.25) is 0 Å². The lowest BCUT2D eigenvalue weighted by atomic mass is 10.1. The number of halogens is 1. The highest BCUT2D eigenvalue weighted by atomic mass is 79.9. The Morgan fingerprint density at radius 2 is 1.71 bits per heavy atom. The molecule has 0 amide bonds. The molecule has 0 heterocycles. The molecule has 2 heteroatoms. The minimum atomic E-state index is 1.22. The third-order valence-corrected chi connectivity index (χ3v) is 4.68. The van der Waals surface area contributed by atoms with E-state index in [1.165, 1.54) is 40.0 Å². The Morgan fingerprint density at radius 1 is 1.00 bits per heavy atom. The number of hydrogen-bond acceptors (Lipinski definition) is 1. The summed E-state index contributed by atoms with van der Waals surface area (Å²) in [7, 11) is 0. The summed E-state index contributed by atoms with van der Waals surface area (Å²) in [6.45, 7) is 0. The molecule has 1 aromatic carbocycles. The standard InChI is InChI=1S/C12H13BrS/c13-11-8-4-5-9-12(11)14-10-6-2-1-3-7-10/h1-3,6-7H,4-5,8-9H2. The molecular weight excluding hydrogens is 256 g/mol. The normalized spacial score (nSPS) is 17.2. The highest BCUT2D eigenvalue weighted by molar-refractivity contribution is 9.11. The maximum Gasteiger partial charge on any atom is 0.0119 e. The quantitative estimate of drug-likeness (QED) is 0.731. The van der Waals surface area contributed by atoms with Crippen LogP contribution in [0, 0.1) is 0 Å². The molecular formula is C12H13BrS. The van der Waals surface area contributed by atoms with Gasteiger partial charge in [-0.25, -0.2) is 0 Å². The summed E-state index contributed by atoms with van der Waals surface area (Å²) in [6.07, 6.45) is 5.12. The highest BCUT2D eigenvalue weighted by Gasteiger charge is 2.11. The average molecular weight is 269 g/mol. The maximum atomic E-state index is 3.67. The SMILES string of the molecule is BrC1=C(Sc2ccccc2)CCCC1. The van der Waals surface area contributed by atoms with Crippen molar-refractivity contribution in [1.82, 2.24) is 0 Å². The van der Waals surface area contributed by atoms with Crippen molar-refractivity contribution in [1.29, 1.82) is 0 Å². The van der Waals surface area contributed by atoms with E-state index in [0.29, 0.717) is 0 Å². The number of thioether (sulfide) groups is 1. The molecule has 0 unspecified atom stereocenters. The lowest BCUT2D eigenvalue weighted by molar-refractivity contribution is 0.718. The van der Waals surface area contributed by atoms with Crippen LogP contribution in [0.4, 0.5) is 0 Å². The summed E-state index contributed by atoms with van der Waals surface area (Å²) >= 11 is 5.58. The zero-order valence-corrected chi connectivity index (χ0v) is 10.4. The largest absolute Gasteiger partial charge is 0.0937 e. The first-order valence-corrected chi connectivity index (χ1v) is 6.57. The topological polar surface area (TPSA) is 0 Å². The molecule has 0 fully saturated rings. The van der Waals surface area contributed by atoms with E-state index in [2.05, 4.69) is 46.3 Å². The van der Waals surface area contributed by atoms with Crippen molar-refractivity contribution in [2.75, 3.05) is 0 Å². The summed E-state index contributed by atoms with van der Waals surface area (Å²) in [4.78, 5) is 2.86. The van der Waals surface area contributed by atoms with Gasteiger partial charge in [-0.05, 0) is 42.7 Å². The van der Waals surface area contributed by atoms with Crippen LogP contribution in [0.2, 0.25) is 0 Å². The number of allylic oxidation sites excluding steroid dienone is 2. The summed E-state index contributed by atoms with van der Waals surface area (Å²) < 4.78 is 1.41. The van der Waals surface area contributed by atoms with Gasteiger partial charge >= 0.3 is 0 Å². The maximum absolute atomic E-state index is 3.67. The van der Waals surface area contributed by atoms with Gasteiger partial charge < -0.3 is 0 Å². The Balaban J connectivity index is 2.10. The monoisotopic (exact) mass is 268 g/mol. The second-order valence-electron chi connectivity index (χ2n) is 3.45. The molecule has 0 bridgehead atoms. The first-order chi connectivity index (χ1) is 6.86. The molecule has 0 radical (unpaired) electrons. The molecule has 0 saturated carbocycles. The van der Waals surface area contributed by atoms with Crippen molar-refractivity contribution >= 4 is 27.7 Å². The fraction of sp³-hybridized carbons (Fsp3) is 0.333. The van der Waals surface area contributed by atoms with Crippen LogP contribution in [0.25, 0.3) is 0 Å². The lowest BCUT2D eigenvalue weighted by Gasteiger charge is -2.15. The van der Waals surface area contributed by atoms with Crippen LogP contribution >= 0.6 is 27.7 Å². The number of hydrogen-bond donors (Lipinski definition) is 0. The summed E-state index contributed by atoms with van der Waals surface area (Å²) in [5, 5.41) is 0. The van der Waals surface area contributed by atoms with Gasteiger partial charge in [-0.2, -0.15) is 0 Å². The van der Waals surface area contributed by atoms with Gasteiger partial charge in [0, 0.05) is 9.38 Å². The van der Waals surface area contributed by atoms with E-state index in [0.717, 1.165) is 0 Å². The van der Waals surface area contributed by atoms with E-state index >= 15 is 0 Å². The molecule has 0 aromatic heterocycles. The Bertz CT molecular complexity index is 329. The molecule has 1 aromatic rings. The van der Waals surface area contributed by atoms with Gasteiger partial charge in [0.2, 0.25) is 0 Å². The molecule has 0 N–H and O–H groups in total. The van der Waals surface area contributed by atoms with Gasteiger partial charge in [0.05, 0.1) is 0 Å². The summed E-state index contributed by atoms with van der Waals surface area (Å²) in [5.74, 6) is 0. The van der Waals surface area contributed by atoms with E-state index < -0.39 is 0 Å². The lowest BCUT2D eigenvalue weighted by Crippen LogP contribution is -1.91. The molecule has 0 atom stereocenters. The third-order valence-electron chi connectivity index (χ3n) is 2.34. The predicted octanol–water partition coefficient (Wildman–Crippen LogP) is 4.96. The second-order valence-corrected chi connectivity index (χ2v) is 5.58. The van der Waals surface area contributed by atoms with Gasteiger partial charge in [0.15, 0.2) is 0 Å². The number of benzene rings is 1. The van der Waals surface area contributed by atoms with E-state index in [1.807, 2.05) is 11.8 Å². The molecule has 14 heavy (non-hydrogen) atoms. The minimum Gasteiger partial charge on any atom is -0.0937 e. The zero-order chi connectivity index (χ0) is 9.80. The fourth-order valence-corrected chi connectivity index (χ4v) is 3.34. The van der Waals surface area contributed by atoms with Crippen molar-refractivity contribution in [3.05, 3.63) is 39.7 Å². The van der Waals surface area contributed by atoms with Gasteiger partial charge in [-0.15, -0.1) is 0 Å². The van der Waals surface area contributed by atoms with Crippen molar-refractivity contribution in [3.8, 4) is 0 Å². The summed E-state index contributed by atoms with van der Waals surface area (Å²) in [5.41, 5.74) is 0. The zero-order valence-electron chi connectivity index (χ0n) is 8.00. The fourth-order valence-electron chi connectivity index (χ4n) is 1.58. The minimum absolute atomic E-state index is 1.22. The molecule has 2 rings (SSSR count). The Labute approximate surface area is 97.9 Å². The van der Waals surface area contributed by atoms with Gasteiger partial charge in [-0.1, -0.05) is 45.9 Å². The van der Waals surface area contributed by atoms with Crippen molar-refractivity contribution < 1.29 is 0 Å². The molecule has 1 aliphatic rings. The molecule has 0 saturated heterocycles. The van der Waals surface area contributed by atoms with E-state index in [4.69, 9.17) is 0 Å². The van der Waals surface area contributed by atoms with Crippen LogP contribution in [0.1, 0.15) is 25.7 Å². The first-order valence-electron chi connectivity index (χ1n) is 4.97. The van der Waals surface area contributed by atoms with Crippen molar-refractivity contribution in [3.63, 3.8) is 0 Å².